The molecular weight excluding hydrogens is 490 g/mol. The number of hydrogen-bond donors (Lipinski definition) is 2. The number of alkyl halides is 1. The van der Waals surface area contributed by atoms with Gasteiger partial charge in [-0.15, -0.1) is 0 Å². The number of nitrogens with two attached hydrogens (primary N) is 2. The molecule has 36 heavy (non-hydrogen) atoms. The van der Waals surface area contributed by atoms with Crippen molar-refractivity contribution in [2.45, 2.75) is 62.8 Å². The molecule has 0 spiro atoms. The molecule has 1 aromatic carbocycles. The van der Waals surface area contributed by atoms with Crippen LogP contribution in [-0.2, 0) is 15.9 Å². The summed E-state index contributed by atoms with van der Waals surface area (Å²) in [6.45, 7) is 3.55. The molecule has 11 heteroatoms. The molecule has 0 bridgehead atoms. The number of hydrogen-bond acceptors (Lipinski definition) is 7. The summed E-state index contributed by atoms with van der Waals surface area (Å²) in [5.74, 6) is -0.952. The van der Waals surface area contributed by atoms with Gasteiger partial charge in [-0.3, -0.25) is 0 Å². The third-order valence-electron chi connectivity index (χ3n) is 7.22. The van der Waals surface area contributed by atoms with Crippen LogP contribution in [0.5, 0.6) is 0 Å². The van der Waals surface area contributed by atoms with Gasteiger partial charge in [-0.25, -0.2) is 23.7 Å². The number of fused-ring (bicyclic) bond motifs is 3. The largest absolute Gasteiger partial charge is 0.383 e. The van der Waals surface area contributed by atoms with Gasteiger partial charge in [0.25, 0.3) is 0 Å². The second-order valence-electron chi connectivity index (χ2n) is 10.0. The van der Waals surface area contributed by atoms with Crippen LogP contribution in [-0.4, -0.2) is 43.2 Å². The number of rotatable bonds is 4. The third kappa shape index (κ3) is 3.66. The van der Waals surface area contributed by atoms with Crippen LogP contribution in [0.3, 0.4) is 0 Å². The lowest BCUT2D eigenvalue weighted by atomic mass is 9.92. The summed E-state index contributed by atoms with van der Waals surface area (Å²) in [5, 5.41) is 1.15. The molecule has 6 rings (SSSR count). The fourth-order valence-corrected chi connectivity index (χ4v) is 5.73. The first-order valence-corrected chi connectivity index (χ1v) is 12.1. The summed E-state index contributed by atoms with van der Waals surface area (Å²) >= 11 is 5.99. The number of nitrogen functional groups attached to an aromatic ring is 2. The number of benzene rings is 1. The minimum atomic E-state index is -1.73. The molecule has 2 fully saturated rings. The molecule has 4 heterocycles. The molecular formula is C25H25ClF2N6O2. The molecule has 1 saturated heterocycles. The van der Waals surface area contributed by atoms with E-state index in [1.807, 2.05) is 16.8 Å². The Kier molecular flexibility index (Phi) is 5.16. The highest BCUT2D eigenvalue weighted by Gasteiger charge is 2.62. The average molecular weight is 515 g/mol. The number of anilines is 2. The average Bonchev–Trinajstić information content (AvgIpc) is 3.46. The van der Waals surface area contributed by atoms with Crippen molar-refractivity contribution < 1.29 is 18.3 Å². The molecule has 0 radical (unpaired) electrons. The lowest BCUT2D eigenvalue weighted by molar-refractivity contribution is -0.172. The van der Waals surface area contributed by atoms with Crippen LogP contribution in [0, 0.1) is 5.82 Å². The number of aromatic nitrogens is 4. The van der Waals surface area contributed by atoms with Gasteiger partial charge in [0, 0.05) is 18.0 Å². The molecule has 4 N–H and O–H groups in total. The molecule has 4 atom stereocenters. The maximum atomic E-state index is 16.7. The normalized spacial score (nSPS) is 27.2. The van der Waals surface area contributed by atoms with E-state index in [2.05, 4.69) is 15.0 Å². The minimum absolute atomic E-state index is 0.106. The lowest BCUT2D eigenvalue weighted by Gasteiger charge is -2.28. The van der Waals surface area contributed by atoms with Crippen LogP contribution in [0.15, 0.2) is 36.8 Å². The van der Waals surface area contributed by atoms with E-state index >= 15 is 4.39 Å². The second kappa shape index (κ2) is 7.96. The number of halogens is 3. The van der Waals surface area contributed by atoms with Crippen LogP contribution in [0.1, 0.15) is 38.3 Å². The predicted molar refractivity (Wildman–Crippen MR) is 133 cm³/mol. The minimum Gasteiger partial charge on any atom is -0.383 e. The van der Waals surface area contributed by atoms with Gasteiger partial charge in [0.1, 0.15) is 47.3 Å². The topological polar surface area (TPSA) is 114 Å². The number of ether oxygens (including phenoxy) is 2. The third-order valence-corrected chi connectivity index (χ3v) is 7.52. The second-order valence-corrected chi connectivity index (χ2v) is 10.5. The van der Waals surface area contributed by atoms with Crippen LogP contribution >= 0.6 is 11.6 Å². The molecule has 0 amide bonds. The van der Waals surface area contributed by atoms with E-state index in [4.69, 9.17) is 32.5 Å². The summed E-state index contributed by atoms with van der Waals surface area (Å²) < 4.78 is 45.7. The maximum absolute atomic E-state index is 16.7. The first-order valence-electron chi connectivity index (χ1n) is 11.7. The summed E-state index contributed by atoms with van der Waals surface area (Å²) in [6.07, 6.45) is 2.41. The highest BCUT2D eigenvalue weighted by molar-refractivity contribution is 6.33. The van der Waals surface area contributed by atoms with Crippen molar-refractivity contribution in [1.29, 1.82) is 0 Å². The van der Waals surface area contributed by atoms with E-state index in [9.17, 15) is 4.39 Å². The Bertz CT molecular complexity index is 1510. The summed E-state index contributed by atoms with van der Waals surface area (Å²) in [4.78, 5) is 12.6. The smallest absolute Gasteiger partial charge is 0.164 e. The van der Waals surface area contributed by atoms with Gasteiger partial charge in [-0.05, 0) is 56.5 Å². The van der Waals surface area contributed by atoms with Crippen LogP contribution in [0.25, 0.3) is 21.9 Å². The van der Waals surface area contributed by atoms with Gasteiger partial charge in [-0.2, -0.15) is 0 Å². The standard InChI is InChI=1S/C25H25ClF2N6O2/c1-24(2)35-19-18(34-6-4-13-21(29)31-11-32-23(13)34)10-25(28,20(19)36-24)5-3-12-7-16(27)14-9-15(26)22(30)33-17(14)8-12/h4,6-9,11,18-20H,3,5,10H2,1-2H3,(H2,30,33)(H2,29,31,32)/t18-,19+,20+,25-/m1/s1. The molecule has 4 aromatic rings. The number of nitrogens with zero attached hydrogens (tertiary/aromatic N) is 4. The van der Waals surface area contributed by atoms with Gasteiger partial charge < -0.3 is 25.5 Å². The fraction of sp³-hybridized carbons (Fsp3) is 0.400. The monoisotopic (exact) mass is 514 g/mol. The number of pyridine rings is 1. The van der Waals surface area contributed by atoms with E-state index in [-0.39, 0.29) is 41.5 Å². The first kappa shape index (κ1) is 23.3. The molecule has 1 aliphatic heterocycles. The Morgan fingerprint density at radius 2 is 1.94 bits per heavy atom. The van der Waals surface area contributed by atoms with E-state index in [1.165, 1.54) is 18.5 Å². The number of aryl methyl sites for hydroxylation is 1. The molecule has 3 aromatic heterocycles. The molecule has 1 aliphatic carbocycles. The first-order chi connectivity index (χ1) is 17.0. The summed E-state index contributed by atoms with van der Waals surface area (Å²) in [7, 11) is 0. The molecule has 8 nitrogen and oxygen atoms in total. The zero-order chi connectivity index (χ0) is 25.4. The van der Waals surface area contributed by atoms with Crippen molar-refractivity contribution >= 4 is 45.2 Å². The van der Waals surface area contributed by atoms with Crippen LogP contribution in [0.4, 0.5) is 20.4 Å². The van der Waals surface area contributed by atoms with Crippen molar-refractivity contribution in [2.75, 3.05) is 11.5 Å². The zero-order valence-electron chi connectivity index (χ0n) is 19.7. The van der Waals surface area contributed by atoms with E-state index in [1.54, 1.807) is 19.9 Å². The Balaban J connectivity index is 1.32. The van der Waals surface area contributed by atoms with E-state index in [0.29, 0.717) is 27.9 Å². The highest BCUT2D eigenvalue weighted by Crippen LogP contribution is 2.53. The van der Waals surface area contributed by atoms with E-state index < -0.39 is 29.5 Å². The van der Waals surface area contributed by atoms with Crippen molar-refractivity contribution in [1.82, 2.24) is 19.5 Å². The molecule has 1 saturated carbocycles. The highest BCUT2D eigenvalue weighted by atomic mass is 35.5. The van der Waals surface area contributed by atoms with Crippen molar-refractivity contribution in [3.63, 3.8) is 0 Å². The summed E-state index contributed by atoms with van der Waals surface area (Å²) in [5.41, 5.74) is 11.7. The van der Waals surface area contributed by atoms with Crippen LogP contribution in [0.2, 0.25) is 5.02 Å². The predicted octanol–water partition coefficient (Wildman–Crippen LogP) is 4.74. The van der Waals surface area contributed by atoms with Crippen molar-refractivity contribution in [3.8, 4) is 0 Å². The Morgan fingerprint density at radius 1 is 1.14 bits per heavy atom. The van der Waals surface area contributed by atoms with Gasteiger partial charge >= 0.3 is 0 Å². The summed E-state index contributed by atoms with van der Waals surface area (Å²) in [6, 6.07) is 6.00. The van der Waals surface area contributed by atoms with E-state index in [0.717, 1.165) is 0 Å². The fourth-order valence-electron chi connectivity index (χ4n) is 5.58. The van der Waals surface area contributed by atoms with Gasteiger partial charge in [0.2, 0.25) is 0 Å². The van der Waals surface area contributed by atoms with Crippen molar-refractivity contribution in [3.05, 3.63) is 53.2 Å². The lowest BCUT2D eigenvalue weighted by Crippen LogP contribution is -2.38. The SMILES string of the molecule is CC1(C)O[C@H]2[C@H](n3ccc4c(N)ncnc43)C[C@](F)(CCc3cc(F)c4cc(Cl)c(N)nc4c3)[C@H]2O1. The van der Waals surface area contributed by atoms with Crippen LogP contribution < -0.4 is 11.5 Å². The molecule has 0 unspecified atom stereocenters. The van der Waals surface area contributed by atoms with Gasteiger partial charge in [0.05, 0.1) is 22.0 Å². The Hall–Kier alpha value is -3.08. The maximum Gasteiger partial charge on any atom is 0.164 e. The Labute approximate surface area is 210 Å². The zero-order valence-corrected chi connectivity index (χ0v) is 20.5. The van der Waals surface area contributed by atoms with Gasteiger partial charge in [-0.1, -0.05) is 11.6 Å². The molecule has 188 valence electrons. The Morgan fingerprint density at radius 3 is 2.75 bits per heavy atom. The van der Waals surface area contributed by atoms with Crippen molar-refractivity contribution in [2.24, 2.45) is 0 Å². The molecule has 2 aliphatic rings. The van der Waals surface area contributed by atoms with Gasteiger partial charge in [0.15, 0.2) is 5.79 Å². The quantitative estimate of drug-likeness (QED) is 0.404.